The van der Waals surface area contributed by atoms with Gasteiger partial charge in [-0.05, 0) is 40.8 Å². The van der Waals surface area contributed by atoms with Crippen molar-refractivity contribution >= 4 is 10.8 Å². The Bertz CT molecular complexity index is 789. The second-order valence-corrected chi connectivity index (χ2v) is 5.79. The summed E-state index contributed by atoms with van der Waals surface area (Å²) in [5, 5.41) is 2.52. The highest BCUT2D eigenvalue weighted by Crippen LogP contribution is 2.40. The largest absolute Gasteiger partial charge is 0.323 e. The lowest BCUT2D eigenvalue weighted by atomic mass is 9.88. The molecule has 2 heteroatoms. The Kier molecular flexibility index (Phi) is 2.97. The second kappa shape index (κ2) is 4.97. The van der Waals surface area contributed by atoms with Crippen LogP contribution in [-0.2, 0) is 6.42 Å². The molecule has 0 radical (unpaired) electrons. The fraction of sp³-hybridized carbons (Fsp3) is 0.211. The molecule has 1 aliphatic rings. The summed E-state index contributed by atoms with van der Waals surface area (Å²) in [6, 6.07) is 19.1. The fourth-order valence-corrected chi connectivity index (χ4v) is 3.55. The van der Waals surface area contributed by atoms with E-state index in [-0.39, 0.29) is 6.04 Å². The molecule has 0 fully saturated rings. The average Bonchev–Trinajstić information content (AvgIpc) is 2.98. The molecule has 0 spiro atoms. The van der Waals surface area contributed by atoms with Crippen LogP contribution in [0.25, 0.3) is 10.8 Å². The molecule has 2 nitrogen and oxygen atoms in total. The topological polar surface area (TPSA) is 38.9 Å². The molecule has 2 aromatic carbocycles. The van der Waals surface area contributed by atoms with Crippen LogP contribution in [0.3, 0.4) is 0 Å². The van der Waals surface area contributed by atoms with Gasteiger partial charge in [0.1, 0.15) is 0 Å². The summed E-state index contributed by atoms with van der Waals surface area (Å²) in [5.41, 5.74) is 10.4. The number of nitrogens with two attached hydrogens (primary N) is 1. The van der Waals surface area contributed by atoms with Gasteiger partial charge in [0, 0.05) is 23.9 Å². The first-order valence-corrected chi connectivity index (χ1v) is 7.51. The van der Waals surface area contributed by atoms with Crippen molar-refractivity contribution in [1.29, 1.82) is 0 Å². The molecular weight excluding hydrogens is 256 g/mol. The van der Waals surface area contributed by atoms with Gasteiger partial charge in [-0.3, -0.25) is 4.98 Å². The molecule has 2 atom stereocenters. The van der Waals surface area contributed by atoms with Gasteiger partial charge in [0.15, 0.2) is 0 Å². The maximum Gasteiger partial charge on any atom is 0.0485 e. The summed E-state index contributed by atoms with van der Waals surface area (Å²) in [5.74, 6) is 0.326. The lowest BCUT2D eigenvalue weighted by Crippen LogP contribution is -2.19. The predicted octanol–water partition coefficient (Wildman–Crippen LogP) is 3.96. The molecule has 0 saturated heterocycles. The molecule has 4 rings (SSSR count). The van der Waals surface area contributed by atoms with Crippen LogP contribution in [-0.4, -0.2) is 4.98 Å². The summed E-state index contributed by atoms with van der Waals surface area (Å²) < 4.78 is 0. The van der Waals surface area contributed by atoms with Crippen molar-refractivity contribution in [3.05, 3.63) is 77.6 Å². The van der Waals surface area contributed by atoms with Gasteiger partial charge in [0.25, 0.3) is 0 Å². The lowest BCUT2D eigenvalue weighted by Gasteiger charge is -2.21. The normalized spacial score (nSPS) is 18.6. The van der Waals surface area contributed by atoms with Gasteiger partial charge < -0.3 is 5.73 Å². The van der Waals surface area contributed by atoms with Crippen LogP contribution in [0.2, 0.25) is 0 Å². The average molecular weight is 274 g/mol. The van der Waals surface area contributed by atoms with Gasteiger partial charge >= 0.3 is 0 Å². The van der Waals surface area contributed by atoms with E-state index in [1.54, 1.807) is 0 Å². The fourth-order valence-electron chi connectivity index (χ4n) is 3.55. The highest BCUT2D eigenvalue weighted by Gasteiger charge is 2.30. The molecule has 0 bridgehead atoms. The van der Waals surface area contributed by atoms with Crippen molar-refractivity contribution in [3.8, 4) is 0 Å². The molecular formula is C19H18N2. The molecule has 1 aliphatic carbocycles. The number of nitrogens with zero attached hydrogens (tertiary/aromatic N) is 1. The summed E-state index contributed by atoms with van der Waals surface area (Å²) in [6.07, 6.45) is 4.07. The van der Waals surface area contributed by atoms with Crippen molar-refractivity contribution in [3.63, 3.8) is 0 Å². The first-order chi connectivity index (χ1) is 10.3. The molecule has 21 heavy (non-hydrogen) atoms. The maximum atomic E-state index is 6.64. The number of fused-ring (bicyclic) bond motifs is 2. The van der Waals surface area contributed by atoms with Gasteiger partial charge in [-0.25, -0.2) is 0 Å². The zero-order valence-corrected chi connectivity index (χ0v) is 11.9. The van der Waals surface area contributed by atoms with Crippen molar-refractivity contribution in [2.45, 2.75) is 24.8 Å². The number of aromatic nitrogens is 1. The van der Waals surface area contributed by atoms with Crippen molar-refractivity contribution in [1.82, 2.24) is 4.98 Å². The van der Waals surface area contributed by atoms with E-state index >= 15 is 0 Å². The molecule has 0 aliphatic heterocycles. The van der Waals surface area contributed by atoms with Gasteiger partial charge in [0.05, 0.1) is 0 Å². The number of rotatable bonds is 2. The third-order valence-electron chi connectivity index (χ3n) is 4.62. The van der Waals surface area contributed by atoms with Crippen molar-refractivity contribution in [2.75, 3.05) is 0 Å². The minimum Gasteiger partial charge on any atom is -0.323 e. The molecule has 0 saturated carbocycles. The minimum absolute atomic E-state index is 0.00671. The Hall–Kier alpha value is -2.19. The quantitative estimate of drug-likeness (QED) is 0.768. The van der Waals surface area contributed by atoms with Gasteiger partial charge in [0.2, 0.25) is 0 Å². The summed E-state index contributed by atoms with van der Waals surface area (Å²) in [6.45, 7) is 0. The monoisotopic (exact) mass is 274 g/mol. The van der Waals surface area contributed by atoms with E-state index in [0.29, 0.717) is 5.92 Å². The number of benzene rings is 2. The van der Waals surface area contributed by atoms with E-state index in [2.05, 4.69) is 53.5 Å². The van der Waals surface area contributed by atoms with E-state index in [4.69, 9.17) is 5.73 Å². The third kappa shape index (κ3) is 2.03. The van der Waals surface area contributed by atoms with E-state index in [0.717, 1.165) is 12.8 Å². The molecule has 2 N–H and O–H groups in total. The Balaban J connectivity index is 1.80. The van der Waals surface area contributed by atoms with Crippen LogP contribution in [0.15, 0.2) is 60.8 Å². The highest BCUT2D eigenvalue weighted by atomic mass is 14.8. The number of hydrogen-bond donors (Lipinski definition) is 1. The van der Waals surface area contributed by atoms with Crippen LogP contribution >= 0.6 is 0 Å². The smallest absolute Gasteiger partial charge is 0.0485 e. The summed E-state index contributed by atoms with van der Waals surface area (Å²) in [7, 11) is 0. The molecule has 0 amide bonds. The van der Waals surface area contributed by atoms with E-state index < -0.39 is 0 Å². The van der Waals surface area contributed by atoms with Crippen LogP contribution in [0.5, 0.6) is 0 Å². The zero-order chi connectivity index (χ0) is 14.2. The second-order valence-electron chi connectivity index (χ2n) is 5.79. The number of pyridine rings is 1. The maximum absolute atomic E-state index is 6.64. The van der Waals surface area contributed by atoms with Crippen molar-refractivity contribution in [2.24, 2.45) is 5.73 Å². The Morgan fingerprint density at radius 1 is 1.00 bits per heavy atom. The van der Waals surface area contributed by atoms with E-state index in [1.807, 2.05) is 12.3 Å². The van der Waals surface area contributed by atoms with E-state index in [9.17, 15) is 0 Å². The van der Waals surface area contributed by atoms with E-state index in [1.165, 1.54) is 27.6 Å². The predicted molar refractivity (Wildman–Crippen MR) is 86.2 cm³/mol. The Morgan fingerprint density at radius 3 is 2.81 bits per heavy atom. The summed E-state index contributed by atoms with van der Waals surface area (Å²) >= 11 is 0. The highest BCUT2D eigenvalue weighted by molar-refractivity contribution is 5.86. The molecule has 1 aromatic heterocycles. The van der Waals surface area contributed by atoms with Crippen LogP contribution in [0.1, 0.15) is 35.2 Å². The van der Waals surface area contributed by atoms with Crippen LogP contribution < -0.4 is 5.73 Å². The molecule has 2 unspecified atom stereocenters. The summed E-state index contributed by atoms with van der Waals surface area (Å²) in [4.78, 5) is 4.59. The Labute approximate surface area is 124 Å². The molecule has 104 valence electrons. The first-order valence-electron chi connectivity index (χ1n) is 7.51. The standard InChI is InChI=1S/C19H18N2/c20-18(17-11-10-14-7-4-12-21-19(14)17)16-9-3-6-13-5-1-2-8-15(13)16/h1-9,12,17-18H,10-11,20H2. The Morgan fingerprint density at radius 2 is 1.86 bits per heavy atom. The van der Waals surface area contributed by atoms with Crippen LogP contribution in [0, 0.1) is 0 Å². The molecule has 1 heterocycles. The third-order valence-corrected chi connectivity index (χ3v) is 4.62. The van der Waals surface area contributed by atoms with Gasteiger partial charge in [-0.2, -0.15) is 0 Å². The van der Waals surface area contributed by atoms with Crippen LogP contribution in [0.4, 0.5) is 0 Å². The number of hydrogen-bond acceptors (Lipinski definition) is 2. The number of aryl methyl sites for hydroxylation is 1. The lowest BCUT2D eigenvalue weighted by molar-refractivity contribution is 0.544. The zero-order valence-electron chi connectivity index (χ0n) is 11.9. The minimum atomic E-state index is 0.00671. The van der Waals surface area contributed by atoms with Gasteiger partial charge in [-0.1, -0.05) is 48.5 Å². The first kappa shape index (κ1) is 12.5. The van der Waals surface area contributed by atoms with Crippen molar-refractivity contribution < 1.29 is 0 Å². The molecule has 3 aromatic rings. The SMILES string of the molecule is NC(c1cccc2ccccc12)C1CCc2cccnc21. The van der Waals surface area contributed by atoms with Gasteiger partial charge in [-0.15, -0.1) is 0 Å².